The largest absolute Gasteiger partial charge is 0.374 e. The van der Waals surface area contributed by atoms with Gasteiger partial charge in [0.1, 0.15) is 0 Å². The van der Waals surface area contributed by atoms with Crippen LogP contribution in [0.2, 0.25) is 0 Å². The van der Waals surface area contributed by atoms with Crippen molar-refractivity contribution >= 4 is 11.7 Å². The Morgan fingerprint density at radius 1 is 1.32 bits per heavy atom. The van der Waals surface area contributed by atoms with Gasteiger partial charge in [0.25, 0.3) is 0 Å². The van der Waals surface area contributed by atoms with Crippen LogP contribution in [0.1, 0.15) is 43.3 Å². The molecule has 0 saturated heterocycles. The number of rotatable bonds is 7. The lowest BCUT2D eigenvalue weighted by Crippen LogP contribution is -2.28. The molecule has 0 fully saturated rings. The number of ether oxygens (including phenoxy) is 1. The molecule has 1 aromatic carbocycles. The summed E-state index contributed by atoms with van der Waals surface area (Å²) in [7, 11) is 0. The Balaban J connectivity index is 1.92. The lowest BCUT2D eigenvalue weighted by molar-refractivity contribution is 0.0657. The molecule has 136 valence electrons. The maximum atomic E-state index is 12.2. The molecule has 0 bridgehead atoms. The zero-order valence-corrected chi connectivity index (χ0v) is 15.7. The van der Waals surface area contributed by atoms with Crippen LogP contribution in [0.15, 0.2) is 24.3 Å². The van der Waals surface area contributed by atoms with Crippen LogP contribution in [0, 0.1) is 13.8 Å². The quantitative estimate of drug-likeness (QED) is 0.803. The number of carbonyl (C=O) groups excluding carboxylic acids is 1. The second-order valence-electron chi connectivity index (χ2n) is 6.33. The Kier molecular flexibility index (Phi) is 6.58. The third-order valence-electron chi connectivity index (χ3n) is 4.02. The molecule has 25 heavy (non-hydrogen) atoms. The van der Waals surface area contributed by atoms with Crippen molar-refractivity contribution in [2.45, 2.75) is 60.4 Å². The van der Waals surface area contributed by atoms with Crippen LogP contribution in [-0.2, 0) is 24.4 Å². The van der Waals surface area contributed by atoms with Crippen LogP contribution in [0.25, 0.3) is 0 Å². The number of hydrogen-bond donors (Lipinski definition) is 2. The predicted octanol–water partition coefficient (Wildman–Crippen LogP) is 3.77. The zero-order valence-electron chi connectivity index (χ0n) is 15.7. The summed E-state index contributed by atoms with van der Waals surface area (Å²) in [5.74, 6) is 0. The minimum atomic E-state index is -0.232. The van der Waals surface area contributed by atoms with E-state index in [0.717, 1.165) is 34.7 Å². The van der Waals surface area contributed by atoms with Gasteiger partial charge >= 0.3 is 6.03 Å². The highest BCUT2D eigenvalue weighted by Gasteiger charge is 2.11. The molecular formula is C19H28N4O2. The van der Waals surface area contributed by atoms with Crippen LogP contribution in [0.5, 0.6) is 0 Å². The highest BCUT2D eigenvalue weighted by atomic mass is 16.5. The Labute approximate surface area is 149 Å². The standard InChI is InChI=1S/C19H28N4O2/c1-6-23-15(5)18(14(4)22-23)11-20-19(24)21-17-9-7-8-16(10-17)12-25-13(2)3/h7-10,13H,6,11-12H2,1-5H3,(H2,20,21,24). The third kappa shape index (κ3) is 5.32. The number of nitrogens with one attached hydrogen (secondary N) is 2. The Bertz CT molecular complexity index is 722. The SMILES string of the molecule is CCn1nc(C)c(CNC(=O)Nc2cccc(COC(C)C)c2)c1C. The van der Waals surface area contributed by atoms with E-state index in [9.17, 15) is 4.79 Å². The van der Waals surface area contributed by atoms with Gasteiger partial charge in [-0.3, -0.25) is 4.68 Å². The van der Waals surface area contributed by atoms with Crippen molar-refractivity contribution in [3.8, 4) is 0 Å². The van der Waals surface area contributed by atoms with Crippen LogP contribution in [0.4, 0.5) is 10.5 Å². The Hall–Kier alpha value is -2.34. The molecule has 1 heterocycles. The first-order chi connectivity index (χ1) is 11.9. The molecule has 0 saturated carbocycles. The van der Waals surface area contributed by atoms with Gasteiger partial charge in [-0.15, -0.1) is 0 Å². The first-order valence-electron chi connectivity index (χ1n) is 8.69. The van der Waals surface area contributed by atoms with E-state index in [4.69, 9.17) is 4.74 Å². The molecule has 2 N–H and O–H groups in total. The van der Waals surface area contributed by atoms with Gasteiger partial charge in [-0.1, -0.05) is 12.1 Å². The zero-order chi connectivity index (χ0) is 18.4. The van der Waals surface area contributed by atoms with Crippen molar-refractivity contribution in [2.75, 3.05) is 5.32 Å². The van der Waals surface area contributed by atoms with Crippen LogP contribution >= 0.6 is 0 Å². The van der Waals surface area contributed by atoms with E-state index < -0.39 is 0 Å². The topological polar surface area (TPSA) is 68.2 Å². The summed E-state index contributed by atoms with van der Waals surface area (Å²) in [6.07, 6.45) is 0.176. The fourth-order valence-electron chi connectivity index (χ4n) is 2.64. The number of urea groups is 1. The van der Waals surface area contributed by atoms with Crippen molar-refractivity contribution in [1.29, 1.82) is 0 Å². The van der Waals surface area contributed by atoms with Crippen LogP contribution < -0.4 is 10.6 Å². The summed E-state index contributed by atoms with van der Waals surface area (Å²) < 4.78 is 7.54. The maximum Gasteiger partial charge on any atom is 0.319 e. The van der Waals surface area contributed by atoms with E-state index in [2.05, 4.69) is 22.7 Å². The summed E-state index contributed by atoms with van der Waals surface area (Å²) >= 11 is 0. The van der Waals surface area contributed by atoms with Crippen molar-refractivity contribution in [3.05, 3.63) is 46.8 Å². The molecule has 2 amide bonds. The first kappa shape index (κ1) is 19.0. The van der Waals surface area contributed by atoms with Gasteiger partial charge in [-0.2, -0.15) is 5.10 Å². The number of nitrogens with zero attached hydrogens (tertiary/aromatic N) is 2. The van der Waals surface area contributed by atoms with Crippen LogP contribution in [0.3, 0.4) is 0 Å². The smallest absolute Gasteiger partial charge is 0.319 e. The van der Waals surface area contributed by atoms with Gasteiger partial charge in [0.05, 0.1) is 18.4 Å². The summed E-state index contributed by atoms with van der Waals surface area (Å²) in [6, 6.07) is 7.45. The fraction of sp³-hybridized carbons (Fsp3) is 0.474. The summed E-state index contributed by atoms with van der Waals surface area (Å²) in [6.45, 7) is 11.9. The van der Waals surface area contributed by atoms with Gasteiger partial charge < -0.3 is 15.4 Å². The molecule has 0 unspecified atom stereocenters. The molecule has 0 spiro atoms. The number of anilines is 1. The number of aryl methyl sites for hydroxylation is 2. The van der Waals surface area contributed by atoms with E-state index >= 15 is 0 Å². The molecule has 6 nitrogen and oxygen atoms in total. The monoisotopic (exact) mass is 344 g/mol. The Morgan fingerprint density at radius 3 is 2.72 bits per heavy atom. The highest BCUT2D eigenvalue weighted by Crippen LogP contribution is 2.14. The normalized spacial score (nSPS) is 11.0. The predicted molar refractivity (Wildman–Crippen MR) is 99.6 cm³/mol. The number of benzene rings is 1. The van der Waals surface area contributed by atoms with Crippen molar-refractivity contribution < 1.29 is 9.53 Å². The second-order valence-corrected chi connectivity index (χ2v) is 6.33. The molecule has 0 aliphatic carbocycles. The van der Waals surface area contributed by atoms with Gasteiger partial charge in [0.2, 0.25) is 0 Å². The fourth-order valence-corrected chi connectivity index (χ4v) is 2.64. The molecular weight excluding hydrogens is 316 g/mol. The average molecular weight is 344 g/mol. The van der Waals surface area contributed by atoms with E-state index in [1.807, 2.05) is 56.6 Å². The summed E-state index contributed by atoms with van der Waals surface area (Å²) in [5, 5.41) is 10.2. The molecule has 6 heteroatoms. The molecule has 0 aliphatic rings. The summed E-state index contributed by atoms with van der Waals surface area (Å²) in [4.78, 5) is 12.2. The molecule has 2 rings (SSSR count). The number of aromatic nitrogens is 2. The minimum absolute atomic E-state index is 0.176. The molecule has 2 aromatic rings. The Morgan fingerprint density at radius 2 is 2.08 bits per heavy atom. The van der Waals surface area contributed by atoms with E-state index in [0.29, 0.717) is 13.2 Å². The third-order valence-corrected chi connectivity index (χ3v) is 4.02. The molecule has 0 radical (unpaired) electrons. The number of amides is 2. The van der Waals surface area contributed by atoms with Crippen molar-refractivity contribution in [2.24, 2.45) is 0 Å². The maximum absolute atomic E-state index is 12.2. The van der Waals surface area contributed by atoms with Crippen LogP contribution in [-0.4, -0.2) is 21.9 Å². The summed E-state index contributed by atoms with van der Waals surface area (Å²) in [5.41, 5.74) is 4.89. The van der Waals surface area contributed by atoms with Gasteiger partial charge in [-0.05, 0) is 52.3 Å². The number of carbonyl (C=O) groups is 1. The minimum Gasteiger partial charge on any atom is -0.374 e. The van der Waals surface area contributed by atoms with E-state index in [-0.39, 0.29) is 12.1 Å². The average Bonchev–Trinajstić information content (AvgIpc) is 2.85. The molecule has 0 atom stereocenters. The number of hydrogen-bond acceptors (Lipinski definition) is 3. The highest BCUT2D eigenvalue weighted by molar-refractivity contribution is 5.89. The molecule has 0 aliphatic heterocycles. The lowest BCUT2D eigenvalue weighted by Gasteiger charge is -2.11. The first-order valence-corrected chi connectivity index (χ1v) is 8.69. The lowest BCUT2D eigenvalue weighted by atomic mass is 10.2. The van der Waals surface area contributed by atoms with Crippen molar-refractivity contribution in [1.82, 2.24) is 15.1 Å². The van der Waals surface area contributed by atoms with Crippen molar-refractivity contribution in [3.63, 3.8) is 0 Å². The van der Waals surface area contributed by atoms with E-state index in [1.165, 1.54) is 0 Å². The van der Waals surface area contributed by atoms with Gasteiger partial charge in [-0.25, -0.2) is 4.79 Å². The van der Waals surface area contributed by atoms with Gasteiger partial charge in [0.15, 0.2) is 0 Å². The second kappa shape index (κ2) is 8.67. The molecule has 1 aromatic heterocycles. The van der Waals surface area contributed by atoms with Gasteiger partial charge in [0, 0.05) is 30.0 Å². The van der Waals surface area contributed by atoms with E-state index in [1.54, 1.807) is 0 Å².